The summed E-state index contributed by atoms with van der Waals surface area (Å²) < 4.78 is 20.2. The topological polar surface area (TPSA) is 56.8 Å². The van der Waals surface area contributed by atoms with E-state index in [9.17, 15) is 4.79 Å². The lowest BCUT2D eigenvalue weighted by atomic mass is 10.3. The number of rotatable bonds is 11. The molecule has 0 heterocycles. The second-order valence-corrected chi connectivity index (χ2v) is 26.9. The van der Waals surface area contributed by atoms with E-state index in [4.69, 9.17) is 12.3 Å². The first-order chi connectivity index (χ1) is 11.4. The Hall–Kier alpha value is -0.0425. The second kappa shape index (κ2) is 9.44. The van der Waals surface area contributed by atoms with Gasteiger partial charge in [0.05, 0.1) is 5.67 Å². The number of hydrogen-bond acceptors (Lipinski definition) is 4. The summed E-state index contributed by atoms with van der Waals surface area (Å²) in [6.07, 6.45) is 1.68. The van der Waals surface area contributed by atoms with Gasteiger partial charge in [0.1, 0.15) is 0 Å². The lowest BCUT2D eigenvalue weighted by Crippen LogP contribution is -2.70. The van der Waals surface area contributed by atoms with Crippen LogP contribution in [0.5, 0.6) is 0 Å². The van der Waals surface area contributed by atoms with Gasteiger partial charge in [-0.3, -0.25) is 4.79 Å². The quantitative estimate of drug-likeness (QED) is 0.371. The number of nitrogens with one attached hydrogen (secondary N) is 1. The smallest absolute Gasteiger partial charge is 0.416 e. The minimum Gasteiger partial charge on any atom is -0.416 e. The summed E-state index contributed by atoms with van der Waals surface area (Å²) in [4.78, 5) is 12.5. The monoisotopic (exact) mass is 435 g/mol. The zero-order chi connectivity index (χ0) is 21.0. The summed E-state index contributed by atoms with van der Waals surface area (Å²) in [5.74, 6) is -0.155. The molecular formula is C17H41NO4Si4. The standard InChI is InChI=1S/C17H41NO4Si4/c1-13-14-16(18-17(19)15(2)3)26(20-23(4,5)6,21-24(7,8)9)22-25(10,11)12/h16H,2,13-14H2,1,3-12H3,(H,18,19). The molecule has 154 valence electrons. The Morgan fingerprint density at radius 1 is 0.885 bits per heavy atom. The third-order valence-electron chi connectivity index (χ3n) is 3.04. The average Bonchev–Trinajstić information content (AvgIpc) is 2.31. The van der Waals surface area contributed by atoms with Gasteiger partial charge < -0.3 is 17.7 Å². The first kappa shape index (κ1) is 26.0. The molecule has 0 bridgehead atoms. The van der Waals surface area contributed by atoms with Crippen LogP contribution in [0.2, 0.25) is 58.9 Å². The molecule has 26 heavy (non-hydrogen) atoms. The Kier molecular flexibility index (Phi) is 9.42. The fraction of sp³-hybridized carbons (Fsp3) is 0.824. The van der Waals surface area contributed by atoms with Crippen LogP contribution in [-0.2, 0) is 17.1 Å². The third-order valence-corrected chi connectivity index (χ3v) is 15.1. The van der Waals surface area contributed by atoms with Crippen LogP contribution < -0.4 is 5.32 Å². The Balaban J connectivity index is 6.27. The molecule has 0 aromatic carbocycles. The summed E-state index contributed by atoms with van der Waals surface area (Å²) in [5, 5.41) is 3.14. The molecule has 5 nitrogen and oxygen atoms in total. The molecule has 0 aliphatic carbocycles. The predicted octanol–water partition coefficient (Wildman–Crippen LogP) is 4.88. The molecular weight excluding hydrogens is 395 g/mol. The number of hydrogen-bond donors (Lipinski definition) is 1. The normalized spacial score (nSPS) is 14.9. The van der Waals surface area contributed by atoms with Crippen molar-refractivity contribution in [2.75, 3.05) is 0 Å². The van der Waals surface area contributed by atoms with Gasteiger partial charge in [-0.1, -0.05) is 19.9 Å². The van der Waals surface area contributed by atoms with Crippen LogP contribution in [0.25, 0.3) is 0 Å². The van der Waals surface area contributed by atoms with E-state index in [2.05, 4.69) is 77.7 Å². The maximum absolute atomic E-state index is 12.5. The Bertz CT molecular complexity index is 452. The highest BCUT2D eigenvalue weighted by molar-refractivity contribution is 6.90. The van der Waals surface area contributed by atoms with Crippen molar-refractivity contribution in [1.29, 1.82) is 0 Å². The van der Waals surface area contributed by atoms with Crippen molar-refractivity contribution in [3.63, 3.8) is 0 Å². The van der Waals surface area contributed by atoms with Crippen molar-refractivity contribution in [2.24, 2.45) is 0 Å². The highest BCUT2D eigenvalue weighted by Crippen LogP contribution is 2.30. The van der Waals surface area contributed by atoms with Gasteiger partial charge >= 0.3 is 8.80 Å². The molecule has 1 N–H and O–H groups in total. The molecule has 0 saturated heterocycles. The molecule has 0 spiro atoms. The molecule has 0 aromatic heterocycles. The maximum Gasteiger partial charge on any atom is 0.493 e. The average molecular weight is 436 g/mol. The van der Waals surface area contributed by atoms with Gasteiger partial charge in [0.2, 0.25) is 5.91 Å². The van der Waals surface area contributed by atoms with Crippen LogP contribution in [0.3, 0.4) is 0 Å². The molecule has 1 atom stereocenters. The molecule has 0 rings (SSSR count). The van der Waals surface area contributed by atoms with E-state index >= 15 is 0 Å². The van der Waals surface area contributed by atoms with Gasteiger partial charge in [0.25, 0.3) is 0 Å². The third kappa shape index (κ3) is 10.3. The largest absolute Gasteiger partial charge is 0.493 e. The van der Waals surface area contributed by atoms with E-state index in [1.54, 1.807) is 6.92 Å². The van der Waals surface area contributed by atoms with Gasteiger partial charge in [0.15, 0.2) is 25.0 Å². The molecule has 0 aromatic rings. The van der Waals surface area contributed by atoms with Crippen molar-refractivity contribution >= 4 is 39.7 Å². The summed E-state index contributed by atoms with van der Waals surface area (Å²) in [7, 11) is -9.09. The molecule has 0 radical (unpaired) electrons. The van der Waals surface area contributed by atoms with E-state index in [1.807, 2.05) is 0 Å². The van der Waals surface area contributed by atoms with Crippen molar-refractivity contribution in [3.8, 4) is 0 Å². The van der Waals surface area contributed by atoms with Gasteiger partial charge in [-0.05, 0) is 72.3 Å². The highest BCUT2D eigenvalue weighted by atomic mass is 28.5. The molecule has 0 fully saturated rings. The van der Waals surface area contributed by atoms with E-state index in [0.717, 1.165) is 12.8 Å². The highest BCUT2D eigenvalue weighted by Gasteiger charge is 2.56. The summed E-state index contributed by atoms with van der Waals surface area (Å²) in [6, 6.07) is 0. The molecule has 0 aliphatic rings. The molecule has 1 amide bonds. The Morgan fingerprint density at radius 2 is 1.23 bits per heavy atom. The minimum absolute atomic E-state index is 0.155. The second-order valence-electron chi connectivity index (χ2n) is 9.84. The van der Waals surface area contributed by atoms with Crippen molar-refractivity contribution in [1.82, 2.24) is 5.32 Å². The zero-order valence-electron chi connectivity index (χ0n) is 18.8. The van der Waals surface area contributed by atoms with Crippen LogP contribution in [-0.4, -0.2) is 45.3 Å². The van der Waals surface area contributed by atoms with Crippen LogP contribution >= 0.6 is 0 Å². The number of carbonyl (C=O) groups is 1. The summed E-state index contributed by atoms with van der Waals surface area (Å²) in [5.41, 5.74) is 0.241. The zero-order valence-corrected chi connectivity index (χ0v) is 22.8. The summed E-state index contributed by atoms with van der Waals surface area (Å²) in [6.45, 7) is 27.0. The van der Waals surface area contributed by atoms with Crippen LogP contribution in [0.4, 0.5) is 0 Å². The fourth-order valence-electron chi connectivity index (χ4n) is 2.46. The number of carbonyl (C=O) groups excluding carboxylic acids is 1. The van der Waals surface area contributed by atoms with Crippen molar-refractivity contribution < 1.29 is 17.1 Å². The van der Waals surface area contributed by atoms with E-state index in [0.29, 0.717) is 5.57 Å². The SMILES string of the molecule is C=C(C)C(=O)NC(CCC)[Si](O[Si](C)(C)C)(O[Si](C)(C)C)O[Si](C)(C)C. The number of amides is 1. The lowest BCUT2D eigenvalue weighted by molar-refractivity contribution is -0.118. The van der Waals surface area contributed by atoms with E-state index in [-0.39, 0.29) is 11.6 Å². The molecule has 9 heteroatoms. The fourth-order valence-corrected chi connectivity index (χ4v) is 17.0. The maximum atomic E-state index is 12.5. The van der Waals surface area contributed by atoms with Crippen LogP contribution in [0.15, 0.2) is 12.2 Å². The molecule has 0 saturated carbocycles. The predicted molar refractivity (Wildman–Crippen MR) is 121 cm³/mol. The van der Waals surface area contributed by atoms with Gasteiger partial charge in [0, 0.05) is 5.57 Å². The Morgan fingerprint density at radius 3 is 1.46 bits per heavy atom. The first-order valence-corrected chi connectivity index (χ1v) is 21.5. The summed E-state index contributed by atoms with van der Waals surface area (Å²) >= 11 is 0. The Labute approximate surface area is 165 Å². The molecule has 0 aliphatic heterocycles. The van der Waals surface area contributed by atoms with Crippen molar-refractivity contribution in [2.45, 2.75) is 91.3 Å². The van der Waals surface area contributed by atoms with Crippen LogP contribution in [0.1, 0.15) is 26.7 Å². The van der Waals surface area contributed by atoms with Gasteiger partial charge in [-0.15, -0.1) is 0 Å². The molecule has 1 unspecified atom stereocenters. The van der Waals surface area contributed by atoms with Gasteiger partial charge in [-0.2, -0.15) is 0 Å². The lowest BCUT2D eigenvalue weighted by Gasteiger charge is -2.46. The minimum atomic E-state index is -3.15. The van der Waals surface area contributed by atoms with E-state index in [1.165, 1.54) is 0 Å². The van der Waals surface area contributed by atoms with Gasteiger partial charge in [-0.25, -0.2) is 0 Å². The van der Waals surface area contributed by atoms with E-state index < -0.39 is 33.8 Å². The van der Waals surface area contributed by atoms with Crippen LogP contribution in [0, 0.1) is 0 Å². The van der Waals surface area contributed by atoms with Crippen molar-refractivity contribution in [3.05, 3.63) is 12.2 Å². The first-order valence-electron chi connectivity index (χ1n) is 9.48.